The molecule has 0 aliphatic carbocycles. The molecule has 1 N–H and O–H groups in total. The first kappa shape index (κ1) is 17.8. The molecule has 1 aliphatic heterocycles. The number of halogens is 1. The summed E-state index contributed by atoms with van der Waals surface area (Å²) in [6.07, 6.45) is 2.25. The second-order valence-corrected chi connectivity index (χ2v) is 6.67. The second kappa shape index (κ2) is 8.34. The van der Waals surface area contributed by atoms with Crippen LogP contribution in [0.5, 0.6) is 0 Å². The van der Waals surface area contributed by atoms with Gasteiger partial charge in [0.25, 0.3) is 0 Å². The van der Waals surface area contributed by atoms with Gasteiger partial charge in [0.2, 0.25) is 11.8 Å². The summed E-state index contributed by atoms with van der Waals surface area (Å²) in [7, 11) is 0. The van der Waals surface area contributed by atoms with E-state index in [1.807, 2.05) is 0 Å². The lowest BCUT2D eigenvalue weighted by Gasteiger charge is -2.28. The normalized spacial score (nSPS) is 20.6. The summed E-state index contributed by atoms with van der Waals surface area (Å²) in [4.78, 5) is 26.4. The molecule has 0 radical (unpaired) electrons. The van der Waals surface area contributed by atoms with E-state index in [2.05, 4.69) is 12.2 Å². The Balaban J connectivity index is 2.18. The van der Waals surface area contributed by atoms with Gasteiger partial charge in [0, 0.05) is 18.7 Å². The topological polar surface area (TPSA) is 49.4 Å². The van der Waals surface area contributed by atoms with Crippen molar-refractivity contribution in [1.82, 2.24) is 10.2 Å². The summed E-state index contributed by atoms with van der Waals surface area (Å²) in [5, 5.41) is 2.59. The number of amides is 2. The molecule has 6 heteroatoms. The Morgan fingerprint density at radius 3 is 2.83 bits per heavy atom. The van der Waals surface area contributed by atoms with Crippen molar-refractivity contribution in [2.75, 3.05) is 12.3 Å². The molecule has 2 atom stereocenters. The zero-order valence-electron chi connectivity index (χ0n) is 13.5. The Kier molecular flexibility index (Phi) is 6.45. The highest BCUT2D eigenvalue weighted by Crippen LogP contribution is 2.41. The maximum atomic E-state index is 13.5. The molecule has 1 aromatic rings. The lowest BCUT2D eigenvalue weighted by Crippen LogP contribution is -2.48. The number of nitrogens with one attached hydrogen (secondary N) is 1. The third-order valence-corrected chi connectivity index (χ3v) is 5.18. The van der Waals surface area contributed by atoms with E-state index >= 15 is 0 Å². The average Bonchev–Trinajstić information content (AvgIpc) is 2.99. The number of thioether (sulfide) groups is 1. The van der Waals surface area contributed by atoms with Crippen LogP contribution in [0.2, 0.25) is 0 Å². The Morgan fingerprint density at radius 2 is 2.17 bits per heavy atom. The predicted octanol–water partition coefficient (Wildman–Crippen LogP) is 3.09. The minimum absolute atomic E-state index is 0.0834. The van der Waals surface area contributed by atoms with Gasteiger partial charge in [-0.1, -0.05) is 32.4 Å². The molecular formula is C17H23FN2O2S. The Morgan fingerprint density at radius 1 is 1.39 bits per heavy atom. The van der Waals surface area contributed by atoms with E-state index < -0.39 is 6.04 Å². The third-order valence-electron chi connectivity index (χ3n) is 3.86. The van der Waals surface area contributed by atoms with Gasteiger partial charge in [0.15, 0.2) is 0 Å². The molecule has 23 heavy (non-hydrogen) atoms. The molecular weight excluding hydrogens is 315 g/mol. The number of hydrogen-bond donors (Lipinski definition) is 1. The zero-order valence-corrected chi connectivity index (χ0v) is 14.4. The van der Waals surface area contributed by atoms with E-state index in [1.165, 1.54) is 23.9 Å². The van der Waals surface area contributed by atoms with Gasteiger partial charge in [-0.3, -0.25) is 9.59 Å². The van der Waals surface area contributed by atoms with Crippen molar-refractivity contribution in [1.29, 1.82) is 0 Å². The molecule has 0 unspecified atom stereocenters. The molecule has 2 rings (SSSR count). The van der Waals surface area contributed by atoms with Crippen LogP contribution in [0.25, 0.3) is 0 Å². The first-order valence-corrected chi connectivity index (χ1v) is 9.09. The summed E-state index contributed by atoms with van der Waals surface area (Å²) in [6, 6.07) is 5.76. The molecule has 2 amide bonds. The zero-order chi connectivity index (χ0) is 16.8. The van der Waals surface area contributed by atoms with Crippen LogP contribution in [0.3, 0.4) is 0 Å². The number of carbonyl (C=O) groups excluding carboxylic acids is 2. The number of rotatable bonds is 6. The molecule has 1 aromatic carbocycles. The number of nitrogens with zero attached hydrogens (tertiary/aromatic N) is 1. The summed E-state index contributed by atoms with van der Waals surface area (Å²) < 4.78 is 13.5. The summed E-state index contributed by atoms with van der Waals surface area (Å²) in [6.45, 7) is 4.46. The highest BCUT2D eigenvalue weighted by atomic mass is 32.2. The van der Waals surface area contributed by atoms with Crippen LogP contribution in [-0.2, 0) is 9.59 Å². The van der Waals surface area contributed by atoms with Crippen molar-refractivity contribution in [3.05, 3.63) is 35.6 Å². The molecule has 1 fully saturated rings. The van der Waals surface area contributed by atoms with E-state index in [1.54, 1.807) is 24.0 Å². The molecule has 1 heterocycles. The SMILES string of the molecule is CCCCNC(=O)[C@H]1CS[C@@H](c2cccc(F)c2)N1C(=O)CC. The molecule has 4 nitrogen and oxygen atoms in total. The first-order valence-electron chi connectivity index (χ1n) is 8.04. The quantitative estimate of drug-likeness (QED) is 0.811. The summed E-state index contributed by atoms with van der Waals surface area (Å²) in [5.74, 6) is -0.000345. The van der Waals surface area contributed by atoms with E-state index in [-0.39, 0.29) is 23.0 Å². The van der Waals surface area contributed by atoms with Gasteiger partial charge in [-0.05, 0) is 24.1 Å². The van der Waals surface area contributed by atoms with E-state index in [0.29, 0.717) is 18.7 Å². The highest BCUT2D eigenvalue weighted by molar-refractivity contribution is 7.99. The van der Waals surface area contributed by atoms with Crippen molar-refractivity contribution in [2.24, 2.45) is 0 Å². The minimum Gasteiger partial charge on any atom is -0.354 e. The lowest BCUT2D eigenvalue weighted by molar-refractivity contribution is -0.139. The van der Waals surface area contributed by atoms with Crippen molar-refractivity contribution in [2.45, 2.75) is 44.5 Å². The standard InChI is InChI=1S/C17H23FN2O2S/c1-3-5-9-19-16(22)14-11-23-17(20(14)15(21)4-2)12-7-6-8-13(18)10-12/h6-8,10,14,17H,3-5,9,11H2,1-2H3,(H,19,22)/t14-,17+/m1/s1. The van der Waals surface area contributed by atoms with Crippen LogP contribution in [0.4, 0.5) is 4.39 Å². The molecule has 1 aliphatic rings. The van der Waals surface area contributed by atoms with Gasteiger partial charge < -0.3 is 10.2 Å². The van der Waals surface area contributed by atoms with Crippen LogP contribution < -0.4 is 5.32 Å². The van der Waals surface area contributed by atoms with Crippen molar-refractivity contribution >= 4 is 23.6 Å². The van der Waals surface area contributed by atoms with Crippen LogP contribution in [-0.4, -0.2) is 35.1 Å². The van der Waals surface area contributed by atoms with Crippen molar-refractivity contribution < 1.29 is 14.0 Å². The van der Waals surface area contributed by atoms with Gasteiger partial charge in [-0.2, -0.15) is 0 Å². The second-order valence-electron chi connectivity index (χ2n) is 5.56. The smallest absolute Gasteiger partial charge is 0.243 e. The number of unbranched alkanes of at least 4 members (excludes halogenated alkanes) is 1. The fourth-order valence-electron chi connectivity index (χ4n) is 2.62. The maximum absolute atomic E-state index is 13.5. The molecule has 126 valence electrons. The average molecular weight is 338 g/mol. The van der Waals surface area contributed by atoms with Crippen molar-refractivity contribution in [3.63, 3.8) is 0 Å². The van der Waals surface area contributed by atoms with E-state index in [9.17, 15) is 14.0 Å². The van der Waals surface area contributed by atoms with Gasteiger partial charge in [-0.25, -0.2) is 4.39 Å². The summed E-state index contributed by atoms with van der Waals surface area (Å²) in [5.41, 5.74) is 0.723. The fourth-order valence-corrected chi connectivity index (χ4v) is 4.06. The molecule has 0 aromatic heterocycles. The van der Waals surface area contributed by atoms with Crippen LogP contribution in [0.1, 0.15) is 44.0 Å². The Hall–Kier alpha value is -1.56. The van der Waals surface area contributed by atoms with Gasteiger partial charge >= 0.3 is 0 Å². The minimum atomic E-state index is -0.488. The molecule has 0 saturated carbocycles. The fraction of sp³-hybridized carbons (Fsp3) is 0.529. The first-order chi connectivity index (χ1) is 11.1. The van der Waals surface area contributed by atoms with Crippen LogP contribution in [0.15, 0.2) is 24.3 Å². The van der Waals surface area contributed by atoms with Gasteiger partial charge in [0.05, 0.1) is 0 Å². The number of benzene rings is 1. The number of hydrogen-bond acceptors (Lipinski definition) is 3. The van der Waals surface area contributed by atoms with Crippen LogP contribution in [0, 0.1) is 5.82 Å². The third kappa shape index (κ3) is 4.25. The molecule has 0 bridgehead atoms. The Bertz CT molecular complexity index is 567. The largest absolute Gasteiger partial charge is 0.354 e. The van der Waals surface area contributed by atoms with E-state index in [4.69, 9.17) is 0 Å². The Labute approximate surface area is 140 Å². The molecule has 0 spiro atoms. The van der Waals surface area contributed by atoms with Crippen LogP contribution >= 0.6 is 11.8 Å². The number of carbonyl (C=O) groups is 2. The monoisotopic (exact) mass is 338 g/mol. The maximum Gasteiger partial charge on any atom is 0.243 e. The predicted molar refractivity (Wildman–Crippen MR) is 90.4 cm³/mol. The van der Waals surface area contributed by atoms with Crippen molar-refractivity contribution in [3.8, 4) is 0 Å². The van der Waals surface area contributed by atoms with Gasteiger partial charge in [-0.15, -0.1) is 11.8 Å². The highest BCUT2D eigenvalue weighted by Gasteiger charge is 2.41. The van der Waals surface area contributed by atoms with Gasteiger partial charge in [0.1, 0.15) is 17.2 Å². The van der Waals surface area contributed by atoms with E-state index in [0.717, 1.165) is 18.4 Å². The lowest BCUT2D eigenvalue weighted by atomic mass is 10.1. The summed E-state index contributed by atoms with van der Waals surface area (Å²) >= 11 is 1.51. The molecule has 1 saturated heterocycles.